The topological polar surface area (TPSA) is 55.3 Å². The highest BCUT2D eigenvalue weighted by molar-refractivity contribution is 5.83. The molecule has 1 aromatic heterocycles. The van der Waals surface area contributed by atoms with Crippen LogP contribution < -0.4 is 0 Å². The van der Waals surface area contributed by atoms with E-state index in [1.54, 1.807) is 23.4 Å². The van der Waals surface area contributed by atoms with E-state index in [-0.39, 0.29) is 23.7 Å². The minimum Gasteiger partial charge on any atom is -0.370 e. The van der Waals surface area contributed by atoms with Crippen molar-refractivity contribution >= 4 is 5.91 Å². The van der Waals surface area contributed by atoms with Crippen LogP contribution in [0.4, 0.5) is 4.39 Å². The Morgan fingerprint density at radius 3 is 2.91 bits per heavy atom. The molecular formula is C17H18FN3O2. The van der Waals surface area contributed by atoms with Gasteiger partial charge in [-0.25, -0.2) is 14.4 Å². The lowest BCUT2D eigenvalue weighted by molar-refractivity contribution is -0.140. The second-order valence-corrected chi connectivity index (χ2v) is 5.59. The molecule has 0 saturated carbocycles. The number of benzene rings is 1. The Balaban J connectivity index is 1.72. The molecule has 0 bridgehead atoms. The largest absolute Gasteiger partial charge is 0.370 e. The first-order valence-electron chi connectivity index (χ1n) is 7.56. The van der Waals surface area contributed by atoms with Crippen molar-refractivity contribution in [3.8, 4) is 0 Å². The summed E-state index contributed by atoms with van der Waals surface area (Å²) in [6.07, 6.45) is 4.44. The first kappa shape index (κ1) is 15.6. The number of nitrogens with zero attached hydrogens (tertiary/aromatic N) is 3. The summed E-state index contributed by atoms with van der Waals surface area (Å²) in [5, 5.41) is 0. The van der Waals surface area contributed by atoms with Crippen LogP contribution >= 0.6 is 0 Å². The molecule has 1 amide bonds. The molecule has 5 nitrogen and oxygen atoms in total. The van der Waals surface area contributed by atoms with E-state index in [1.165, 1.54) is 18.5 Å². The SMILES string of the molecule is CC(C(=O)N1CCOC(c2cccc(F)c2)C1)c1cncnc1. The third-order valence-corrected chi connectivity index (χ3v) is 4.05. The summed E-state index contributed by atoms with van der Waals surface area (Å²) < 4.78 is 19.1. The fourth-order valence-corrected chi connectivity index (χ4v) is 2.71. The third kappa shape index (κ3) is 3.53. The number of morpholine rings is 1. The van der Waals surface area contributed by atoms with Gasteiger partial charge in [0.2, 0.25) is 5.91 Å². The second-order valence-electron chi connectivity index (χ2n) is 5.59. The molecular weight excluding hydrogens is 297 g/mol. The van der Waals surface area contributed by atoms with Crippen molar-refractivity contribution in [2.24, 2.45) is 0 Å². The van der Waals surface area contributed by atoms with Crippen molar-refractivity contribution in [1.82, 2.24) is 14.9 Å². The van der Waals surface area contributed by atoms with E-state index >= 15 is 0 Å². The predicted molar refractivity (Wildman–Crippen MR) is 82.1 cm³/mol. The fourth-order valence-electron chi connectivity index (χ4n) is 2.71. The molecule has 1 aliphatic rings. The molecule has 0 spiro atoms. The molecule has 0 N–H and O–H groups in total. The van der Waals surface area contributed by atoms with E-state index < -0.39 is 0 Å². The molecule has 2 unspecified atom stereocenters. The van der Waals surface area contributed by atoms with Crippen LogP contribution in [0.15, 0.2) is 43.0 Å². The van der Waals surface area contributed by atoms with Gasteiger partial charge in [-0.3, -0.25) is 4.79 Å². The molecule has 6 heteroatoms. The van der Waals surface area contributed by atoms with E-state index in [4.69, 9.17) is 4.74 Å². The van der Waals surface area contributed by atoms with Crippen LogP contribution in [0.3, 0.4) is 0 Å². The predicted octanol–water partition coefficient (Wildman–Crippen LogP) is 2.32. The Morgan fingerprint density at radius 2 is 2.17 bits per heavy atom. The minimum absolute atomic E-state index is 0.00417. The lowest BCUT2D eigenvalue weighted by Crippen LogP contribution is -2.44. The smallest absolute Gasteiger partial charge is 0.230 e. The van der Waals surface area contributed by atoms with Crippen LogP contribution in [-0.2, 0) is 9.53 Å². The van der Waals surface area contributed by atoms with Gasteiger partial charge in [-0.2, -0.15) is 0 Å². The van der Waals surface area contributed by atoms with Gasteiger partial charge in [-0.15, -0.1) is 0 Å². The lowest BCUT2D eigenvalue weighted by atomic mass is 10.0. The summed E-state index contributed by atoms with van der Waals surface area (Å²) in [7, 11) is 0. The van der Waals surface area contributed by atoms with Gasteiger partial charge in [0.05, 0.1) is 19.1 Å². The zero-order chi connectivity index (χ0) is 16.2. The monoisotopic (exact) mass is 315 g/mol. The van der Waals surface area contributed by atoms with Crippen molar-refractivity contribution in [2.75, 3.05) is 19.7 Å². The fraction of sp³-hybridized carbons (Fsp3) is 0.353. The molecule has 23 heavy (non-hydrogen) atoms. The molecule has 2 heterocycles. The van der Waals surface area contributed by atoms with Gasteiger partial charge in [0, 0.05) is 24.5 Å². The van der Waals surface area contributed by atoms with Crippen molar-refractivity contribution in [3.05, 3.63) is 59.9 Å². The highest BCUT2D eigenvalue weighted by atomic mass is 19.1. The number of hydrogen-bond acceptors (Lipinski definition) is 4. The van der Waals surface area contributed by atoms with Gasteiger partial charge in [0.25, 0.3) is 0 Å². The summed E-state index contributed by atoms with van der Waals surface area (Å²) in [5.74, 6) is -0.615. The number of hydrogen-bond donors (Lipinski definition) is 0. The molecule has 120 valence electrons. The minimum atomic E-state index is -0.317. The van der Waals surface area contributed by atoms with Gasteiger partial charge in [0.1, 0.15) is 18.2 Å². The number of carbonyl (C=O) groups excluding carboxylic acids is 1. The van der Waals surface area contributed by atoms with Gasteiger partial charge >= 0.3 is 0 Å². The van der Waals surface area contributed by atoms with Crippen LogP contribution in [0.5, 0.6) is 0 Å². The maximum Gasteiger partial charge on any atom is 0.230 e. The van der Waals surface area contributed by atoms with Gasteiger partial charge < -0.3 is 9.64 Å². The van der Waals surface area contributed by atoms with Crippen molar-refractivity contribution in [2.45, 2.75) is 18.9 Å². The Labute approximate surface area is 134 Å². The zero-order valence-electron chi connectivity index (χ0n) is 12.9. The number of aromatic nitrogens is 2. The number of carbonyl (C=O) groups is 1. The summed E-state index contributed by atoms with van der Waals surface area (Å²) >= 11 is 0. The van der Waals surface area contributed by atoms with Gasteiger partial charge in [0.15, 0.2) is 0 Å². The number of ether oxygens (including phenoxy) is 1. The Hall–Kier alpha value is -2.34. The average Bonchev–Trinajstić information content (AvgIpc) is 2.61. The first-order valence-corrected chi connectivity index (χ1v) is 7.56. The quantitative estimate of drug-likeness (QED) is 0.872. The number of rotatable bonds is 3. The lowest BCUT2D eigenvalue weighted by Gasteiger charge is -2.34. The summed E-state index contributed by atoms with van der Waals surface area (Å²) in [6, 6.07) is 6.31. The van der Waals surface area contributed by atoms with Crippen LogP contribution in [0.25, 0.3) is 0 Å². The summed E-state index contributed by atoms with van der Waals surface area (Å²) in [4.78, 5) is 22.4. The maximum atomic E-state index is 13.4. The standard InChI is InChI=1S/C17H18FN3O2/c1-12(14-8-19-11-20-9-14)17(22)21-5-6-23-16(10-21)13-3-2-4-15(18)7-13/h2-4,7-9,11-12,16H,5-6,10H2,1H3. The molecule has 2 atom stereocenters. The Kier molecular flexibility index (Phi) is 4.62. The van der Waals surface area contributed by atoms with E-state index in [9.17, 15) is 9.18 Å². The summed E-state index contributed by atoms with van der Waals surface area (Å²) in [6.45, 7) is 3.22. The molecule has 1 saturated heterocycles. The first-order chi connectivity index (χ1) is 11.1. The molecule has 0 aliphatic carbocycles. The van der Waals surface area contributed by atoms with Crippen LogP contribution in [-0.4, -0.2) is 40.5 Å². The number of amides is 1. The summed E-state index contributed by atoms with van der Waals surface area (Å²) in [5.41, 5.74) is 1.53. The zero-order valence-corrected chi connectivity index (χ0v) is 12.9. The molecule has 2 aromatic rings. The van der Waals surface area contributed by atoms with E-state index in [1.807, 2.05) is 13.0 Å². The normalized spacial score (nSPS) is 19.4. The van der Waals surface area contributed by atoms with Crippen LogP contribution in [0.2, 0.25) is 0 Å². The maximum absolute atomic E-state index is 13.4. The molecule has 1 aromatic carbocycles. The Bertz CT molecular complexity index is 681. The third-order valence-electron chi connectivity index (χ3n) is 4.05. The van der Waals surface area contributed by atoms with E-state index in [0.717, 1.165) is 11.1 Å². The highest BCUT2D eigenvalue weighted by Crippen LogP contribution is 2.25. The van der Waals surface area contributed by atoms with Crippen molar-refractivity contribution < 1.29 is 13.9 Å². The molecule has 1 aliphatic heterocycles. The van der Waals surface area contributed by atoms with Crippen LogP contribution in [0.1, 0.15) is 30.1 Å². The highest BCUT2D eigenvalue weighted by Gasteiger charge is 2.29. The Morgan fingerprint density at radius 1 is 1.39 bits per heavy atom. The molecule has 0 radical (unpaired) electrons. The van der Waals surface area contributed by atoms with E-state index in [2.05, 4.69) is 9.97 Å². The van der Waals surface area contributed by atoms with Gasteiger partial charge in [-0.05, 0) is 24.6 Å². The van der Waals surface area contributed by atoms with E-state index in [0.29, 0.717) is 19.7 Å². The van der Waals surface area contributed by atoms with Crippen molar-refractivity contribution in [3.63, 3.8) is 0 Å². The molecule has 1 fully saturated rings. The molecule has 3 rings (SSSR count). The van der Waals surface area contributed by atoms with Crippen molar-refractivity contribution in [1.29, 1.82) is 0 Å². The second kappa shape index (κ2) is 6.83. The average molecular weight is 315 g/mol. The van der Waals surface area contributed by atoms with Crippen LogP contribution in [0, 0.1) is 5.82 Å². The van der Waals surface area contributed by atoms with Gasteiger partial charge in [-0.1, -0.05) is 12.1 Å². The number of halogens is 1.